The Morgan fingerprint density at radius 2 is 1.81 bits per heavy atom. The van der Waals surface area contributed by atoms with Crippen molar-refractivity contribution in [1.82, 2.24) is 19.7 Å². The molecule has 0 saturated carbocycles. The standard InChI is InChI=1S/C17H22ClN7.HI/c18-13-3-5-14(6-4-13)23-8-10-24(11-9-23)17(19)20-12-16-22-21-15-2-1-7-25(15)16;/h3-6H,1-2,7-12H2,(H2,19,20);1H. The van der Waals surface area contributed by atoms with Gasteiger partial charge in [-0.15, -0.1) is 34.2 Å². The third-order valence-electron chi connectivity index (χ3n) is 4.86. The molecular formula is C17H23ClIN7. The summed E-state index contributed by atoms with van der Waals surface area (Å²) in [6.45, 7) is 5.03. The van der Waals surface area contributed by atoms with Crippen LogP contribution in [0.5, 0.6) is 0 Å². The monoisotopic (exact) mass is 487 g/mol. The van der Waals surface area contributed by atoms with Gasteiger partial charge in [-0.25, -0.2) is 4.99 Å². The fraction of sp³-hybridized carbons (Fsp3) is 0.471. The molecule has 1 fully saturated rings. The molecule has 0 amide bonds. The maximum atomic E-state index is 6.20. The highest BCUT2D eigenvalue weighted by Crippen LogP contribution is 2.19. The topological polar surface area (TPSA) is 75.6 Å². The van der Waals surface area contributed by atoms with Crippen LogP contribution in [0.1, 0.15) is 18.1 Å². The van der Waals surface area contributed by atoms with E-state index >= 15 is 0 Å². The molecule has 0 unspecified atom stereocenters. The fourth-order valence-electron chi connectivity index (χ4n) is 3.43. The zero-order chi connectivity index (χ0) is 17.2. The van der Waals surface area contributed by atoms with E-state index in [1.165, 1.54) is 5.69 Å². The Kier molecular flexibility index (Phi) is 6.23. The number of nitrogens with zero attached hydrogens (tertiary/aromatic N) is 6. The Bertz CT molecular complexity index is 766. The predicted octanol–water partition coefficient (Wildman–Crippen LogP) is 2.13. The van der Waals surface area contributed by atoms with E-state index in [4.69, 9.17) is 17.3 Å². The molecule has 0 radical (unpaired) electrons. The van der Waals surface area contributed by atoms with Crippen molar-refractivity contribution in [3.05, 3.63) is 40.9 Å². The molecule has 140 valence electrons. The van der Waals surface area contributed by atoms with Crippen molar-refractivity contribution in [1.29, 1.82) is 0 Å². The maximum Gasteiger partial charge on any atom is 0.191 e. The molecule has 0 atom stereocenters. The van der Waals surface area contributed by atoms with E-state index in [2.05, 4.69) is 41.7 Å². The van der Waals surface area contributed by atoms with Gasteiger partial charge in [0.05, 0.1) is 0 Å². The van der Waals surface area contributed by atoms with E-state index in [1.807, 2.05) is 12.1 Å². The molecule has 4 rings (SSSR count). The third kappa shape index (κ3) is 4.06. The number of anilines is 1. The molecule has 2 aromatic rings. The summed E-state index contributed by atoms with van der Waals surface area (Å²) in [7, 11) is 0. The molecule has 0 spiro atoms. The number of piperazine rings is 1. The van der Waals surface area contributed by atoms with Gasteiger partial charge in [0.1, 0.15) is 12.4 Å². The second-order valence-electron chi connectivity index (χ2n) is 6.41. The molecule has 7 nitrogen and oxygen atoms in total. The molecule has 1 aromatic heterocycles. The van der Waals surface area contributed by atoms with E-state index in [-0.39, 0.29) is 24.0 Å². The molecule has 0 bridgehead atoms. The maximum absolute atomic E-state index is 6.20. The Labute approximate surface area is 175 Å². The summed E-state index contributed by atoms with van der Waals surface area (Å²) in [5.74, 6) is 2.57. The Hall–Kier alpha value is -1.55. The van der Waals surface area contributed by atoms with Gasteiger partial charge in [0.2, 0.25) is 0 Å². The average molecular weight is 488 g/mol. The SMILES string of the molecule is I.NC(=NCc1nnc2n1CCC2)N1CCN(c2ccc(Cl)cc2)CC1. The molecule has 0 aliphatic carbocycles. The van der Waals surface area contributed by atoms with Crippen LogP contribution in [0.2, 0.25) is 5.02 Å². The summed E-state index contributed by atoms with van der Waals surface area (Å²) in [5.41, 5.74) is 7.39. The first-order chi connectivity index (χ1) is 12.2. The molecule has 2 aliphatic rings. The summed E-state index contributed by atoms with van der Waals surface area (Å²) in [6.07, 6.45) is 2.16. The normalized spacial score (nSPS) is 17.2. The minimum atomic E-state index is 0. The van der Waals surface area contributed by atoms with Crippen LogP contribution in [0.4, 0.5) is 5.69 Å². The lowest BCUT2D eigenvalue weighted by molar-refractivity contribution is 0.380. The minimum absolute atomic E-state index is 0. The smallest absolute Gasteiger partial charge is 0.191 e. The van der Waals surface area contributed by atoms with Gasteiger partial charge in [0, 0.05) is 49.9 Å². The summed E-state index contributed by atoms with van der Waals surface area (Å²) in [4.78, 5) is 9.01. The highest BCUT2D eigenvalue weighted by atomic mass is 127. The Morgan fingerprint density at radius 3 is 2.54 bits per heavy atom. The number of guanidine groups is 1. The van der Waals surface area contributed by atoms with Crippen LogP contribution in [-0.2, 0) is 19.5 Å². The van der Waals surface area contributed by atoms with Crippen molar-refractivity contribution < 1.29 is 0 Å². The van der Waals surface area contributed by atoms with Gasteiger partial charge in [-0.2, -0.15) is 0 Å². The van der Waals surface area contributed by atoms with Crippen molar-refractivity contribution in [2.24, 2.45) is 10.7 Å². The van der Waals surface area contributed by atoms with Crippen LogP contribution in [0.3, 0.4) is 0 Å². The van der Waals surface area contributed by atoms with Crippen molar-refractivity contribution in [2.45, 2.75) is 25.9 Å². The van der Waals surface area contributed by atoms with Crippen LogP contribution < -0.4 is 10.6 Å². The number of hydrogen-bond acceptors (Lipinski definition) is 4. The second kappa shape index (κ2) is 8.43. The van der Waals surface area contributed by atoms with Crippen LogP contribution >= 0.6 is 35.6 Å². The van der Waals surface area contributed by atoms with E-state index in [9.17, 15) is 0 Å². The van der Waals surface area contributed by atoms with E-state index < -0.39 is 0 Å². The fourth-order valence-corrected chi connectivity index (χ4v) is 3.55. The zero-order valence-corrected chi connectivity index (χ0v) is 17.6. The number of benzene rings is 1. The van der Waals surface area contributed by atoms with Gasteiger partial charge in [-0.1, -0.05) is 11.6 Å². The van der Waals surface area contributed by atoms with Crippen LogP contribution in [0, 0.1) is 0 Å². The Balaban J connectivity index is 0.00000196. The number of hydrogen-bond donors (Lipinski definition) is 1. The summed E-state index contributed by atoms with van der Waals surface area (Å²) in [5, 5.41) is 9.20. The van der Waals surface area contributed by atoms with E-state index in [0.717, 1.165) is 62.2 Å². The number of nitrogens with two attached hydrogens (primary N) is 1. The predicted molar refractivity (Wildman–Crippen MR) is 114 cm³/mol. The lowest BCUT2D eigenvalue weighted by Gasteiger charge is -2.36. The lowest BCUT2D eigenvalue weighted by Crippen LogP contribution is -2.51. The summed E-state index contributed by atoms with van der Waals surface area (Å²) in [6, 6.07) is 7.97. The Morgan fingerprint density at radius 1 is 1.08 bits per heavy atom. The molecular weight excluding hydrogens is 465 g/mol. The quantitative estimate of drug-likeness (QED) is 0.408. The molecule has 9 heteroatoms. The number of rotatable bonds is 3. The minimum Gasteiger partial charge on any atom is -0.370 e. The average Bonchev–Trinajstić information content (AvgIpc) is 3.25. The molecule has 3 heterocycles. The van der Waals surface area contributed by atoms with Crippen molar-refractivity contribution in [2.75, 3.05) is 31.1 Å². The summed E-state index contributed by atoms with van der Waals surface area (Å²) >= 11 is 5.96. The molecule has 2 N–H and O–H groups in total. The number of aliphatic imine (C=N–C) groups is 1. The second-order valence-corrected chi connectivity index (χ2v) is 6.85. The number of aryl methyl sites for hydroxylation is 1. The van der Waals surface area contributed by atoms with Gasteiger partial charge < -0.3 is 20.1 Å². The molecule has 1 aromatic carbocycles. The van der Waals surface area contributed by atoms with Gasteiger partial charge in [0.25, 0.3) is 0 Å². The van der Waals surface area contributed by atoms with E-state index in [0.29, 0.717) is 12.5 Å². The van der Waals surface area contributed by atoms with Gasteiger partial charge in [-0.3, -0.25) is 0 Å². The number of fused-ring (bicyclic) bond motifs is 1. The van der Waals surface area contributed by atoms with Crippen LogP contribution in [-0.4, -0.2) is 51.8 Å². The third-order valence-corrected chi connectivity index (χ3v) is 5.12. The number of halogens is 2. The largest absolute Gasteiger partial charge is 0.370 e. The van der Waals surface area contributed by atoms with Crippen molar-refractivity contribution >= 4 is 47.2 Å². The van der Waals surface area contributed by atoms with Crippen LogP contribution in [0.25, 0.3) is 0 Å². The highest BCUT2D eigenvalue weighted by molar-refractivity contribution is 14.0. The van der Waals surface area contributed by atoms with Gasteiger partial charge >= 0.3 is 0 Å². The van der Waals surface area contributed by atoms with Crippen molar-refractivity contribution in [3.8, 4) is 0 Å². The molecule has 1 saturated heterocycles. The summed E-state index contributed by atoms with van der Waals surface area (Å²) < 4.78 is 2.16. The first-order valence-electron chi connectivity index (χ1n) is 8.67. The van der Waals surface area contributed by atoms with Gasteiger partial charge in [0.15, 0.2) is 11.8 Å². The van der Waals surface area contributed by atoms with Gasteiger partial charge in [-0.05, 0) is 30.7 Å². The molecule has 2 aliphatic heterocycles. The lowest BCUT2D eigenvalue weighted by atomic mass is 10.2. The van der Waals surface area contributed by atoms with Crippen LogP contribution in [0.15, 0.2) is 29.3 Å². The zero-order valence-electron chi connectivity index (χ0n) is 14.5. The van der Waals surface area contributed by atoms with E-state index in [1.54, 1.807) is 0 Å². The number of aromatic nitrogens is 3. The highest BCUT2D eigenvalue weighted by Gasteiger charge is 2.20. The first kappa shape index (κ1) is 19.2. The molecule has 26 heavy (non-hydrogen) atoms. The first-order valence-corrected chi connectivity index (χ1v) is 9.05. The van der Waals surface area contributed by atoms with Crippen molar-refractivity contribution in [3.63, 3.8) is 0 Å².